The number of carbonyl (C=O) groups is 6. The number of nitro benzene ring substituents is 3. The van der Waals surface area contributed by atoms with E-state index < -0.39 is 25.6 Å². The van der Waals surface area contributed by atoms with Crippen LogP contribution in [0.2, 0.25) is 0 Å². The Labute approximate surface area is 336 Å². The second-order valence-electron chi connectivity index (χ2n) is 14.6. The van der Waals surface area contributed by atoms with E-state index in [0.29, 0.717) is 22.4 Å². The van der Waals surface area contributed by atoms with Crippen LogP contribution in [0.1, 0.15) is 38.9 Å². The topological polar surface area (TPSA) is 278 Å². The first-order valence-electron chi connectivity index (χ1n) is 17.7. The zero-order valence-electron chi connectivity index (χ0n) is 32.4. The van der Waals surface area contributed by atoms with Crippen LogP contribution in [0.3, 0.4) is 0 Å². The number of non-ortho nitro benzene ring substituents is 3. The number of rotatable bonds is 6. The number of carbonyl (C=O) groups excluding carboxylic acids is 6. The molecule has 20 nitrogen and oxygen atoms in total. The number of fused-ring (bicyclic) bond motifs is 2. The molecule has 20 heteroatoms. The molecule has 4 fully saturated rings. The highest BCUT2D eigenvalue weighted by Gasteiger charge is 2.75. The molecule has 3 aliphatic heterocycles. The van der Waals surface area contributed by atoms with Gasteiger partial charge in [-0.25, -0.2) is 0 Å². The van der Waals surface area contributed by atoms with Crippen LogP contribution in [-0.4, -0.2) is 96.6 Å². The summed E-state index contributed by atoms with van der Waals surface area (Å²) in [6.07, 6.45) is 2.50. The molecule has 8 rings (SSSR count). The molecule has 6 amide bonds. The number of nitrogens with zero attached hydrogens (tertiary/aromatic N) is 8. The van der Waals surface area contributed by atoms with Gasteiger partial charge in [0.05, 0.1) is 44.0 Å². The highest BCUT2D eigenvalue weighted by atomic mass is 16.6. The smallest absolute Gasteiger partial charge is 0.296 e. The summed E-state index contributed by atoms with van der Waals surface area (Å²) in [6.45, 7) is 5.22. The predicted molar refractivity (Wildman–Crippen MR) is 206 cm³/mol. The van der Waals surface area contributed by atoms with Gasteiger partial charge in [-0.05, 0) is 17.2 Å². The van der Waals surface area contributed by atoms with Crippen LogP contribution < -0.4 is 0 Å². The van der Waals surface area contributed by atoms with Gasteiger partial charge in [0, 0.05) is 88.9 Å². The summed E-state index contributed by atoms with van der Waals surface area (Å²) in [5.74, 6) is -2.72. The minimum atomic E-state index is -0.591. The number of hydrogen-bond acceptors (Lipinski definition) is 12. The molecule has 0 bridgehead atoms. The molecule has 2 saturated carbocycles. The molecule has 3 aromatic carbocycles. The van der Waals surface area contributed by atoms with Crippen molar-refractivity contribution in [3.8, 4) is 0 Å². The second-order valence-corrected chi connectivity index (χ2v) is 14.6. The quantitative estimate of drug-likeness (QED) is 0.0862. The van der Waals surface area contributed by atoms with Gasteiger partial charge in [-0.2, -0.15) is 4.79 Å². The highest BCUT2D eigenvalue weighted by Crippen LogP contribution is 2.65. The fourth-order valence-corrected chi connectivity index (χ4v) is 7.68. The SMILES string of the molecule is CC(=[N+]=[N-])c1cccc([N+](=O)[O-])c1.CN1C(=O)C=CC1=O.CN1C(=O)[C@@H]2[C@H](C1=O)C2(C)c1cccc([N+](=O)[O-])c1.CN1C(=O)[C@@H]2[C@H](C1=O)C2(C)c1cccc([N+](=O)[O-])c1.[2HH]. The van der Waals surface area contributed by atoms with E-state index >= 15 is 0 Å². The number of hydrogen-bond donors (Lipinski definition) is 0. The summed E-state index contributed by atoms with van der Waals surface area (Å²) in [7, 11) is 4.40. The molecule has 0 N–H and O–H groups in total. The largest absolute Gasteiger partial charge is 0.361 e. The van der Waals surface area contributed by atoms with E-state index in [2.05, 4.69) is 4.79 Å². The third-order valence-corrected chi connectivity index (χ3v) is 11.4. The number of benzene rings is 3. The first-order chi connectivity index (χ1) is 27.6. The number of nitro groups is 3. The van der Waals surface area contributed by atoms with Crippen molar-refractivity contribution >= 4 is 58.2 Å². The molecule has 2 unspecified atom stereocenters. The van der Waals surface area contributed by atoms with Crippen molar-refractivity contribution in [1.29, 1.82) is 0 Å². The standard InChI is InChI=1S/2C13H12N2O4.C8H7N3O2.C5H5NO2.H2/c2*1-13(7-4-3-5-8(6-7)15(18)19)9-10(13)12(17)14(2)11(9)16;1-6(10-9)7-3-2-4-8(5-7)11(12)13;1-6-4(7)2-3-5(6)8;/h2*3-6,9-10H,1-2H3;2-5H,1H3;2-3H,1H3;1H/t2*9-,10+,13?;;;/i;;;;1+1. The Bertz CT molecular complexity index is 2290. The van der Waals surface area contributed by atoms with Crippen molar-refractivity contribution in [2.45, 2.75) is 31.6 Å². The Kier molecular flexibility index (Phi) is 11.3. The van der Waals surface area contributed by atoms with Gasteiger partial charge in [0.1, 0.15) is 0 Å². The summed E-state index contributed by atoms with van der Waals surface area (Å²) in [6, 6.07) is 18.3. The molecule has 0 aromatic heterocycles. The van der Waals surface area contributed by atoms with Crippen molar-refractivity contribution < 1.29 is 49.8 Å². The number of likely N-dealkylation sites (N-methyl/N-ethyl adjacent to an activating group) is 1. The van der Waals surface area contributed by atoms with E-state index in [1.165, 1.54) is 69.7 Å². The monoisotopic (exact) mass is 811 g/mol. The molecule has 6 atom stereocenters. The third-order valence-electron chi connectivity index (χ3n) is 11.4. The van der Waals surface area contributed by atoms with Crippen LogP contribution in [-0.2, 0) is 39.6 Å². The Morgan fingerprint density at radius 3 is 1.20 bits per heavy atom. The lowest BCUT2D eigenvalue weighted by molar-refractivity contribution is -0.385. The van der Waals surface area contributed by atoms with Gasteiger partial charge < -0.3 is 5.53 Å². The lowest BCUT2D eigenvalue weighted by Gasteiger charge is -2.19. The molecule has 306 valence electrons. The average molecular weight is 812 g/mol. The molecule has 5 aliphatic rings. The number of imide groups is 3. The van der Waals surface area contributed by atoms with Crippen molar-refractivity contribution in [3.63, 3.8) is 0 Å². The van der Waals surface area contributed by atoms with E-state index in [1.54, 1.807) is 43.3 Å². The lowest BCUT2D eigenvalue weighted by atomic mass is 9.91. The predicted octanol–water partition coefficient (Wildman–Crippen LogP) is 3.62. The van der Waals surface area contributed by atoms with Gasteiger partial charge in [-0.15, -0.1) is 0 Å². The normalized spacial score (nSPS) is 25.4. The maximum atomic E-state index is 11.9. The summed E-state index contributed by atoms with van der Waals surface area (Å²) in [4.78, 5) is 105. The first kappa shape index (κ1) is 42.5. The molecule has 2 aliphatic carbocycles. The van der Waals surface area contributed by atoms with Crippen molar-refractivity contribution in [2.24, 2.45) is 23.7 Å². The zero-order chi connectivity index (χ0) is 43.9. The fraction of sp³-hybridized carbons (Fsp3) is 0.308. The van der Waals surface area contributed by atoms with Crippen LogP contribution in [0.4, 0.5) is 17.1 Å². The summed E-state index contributed by atoms with van der Waals surface area (Å²) in [5.41, 5.74) is 9.47. The maximum Gasteiger partial charge on any atom is 0.296 e. The summed E-state index contributed by atoms with van der Waals surface area (Å²) >= 11 is 0. The van der Waals surface area contributed by atoms with Crippen LogP contribution in [0.5, 0.6) is 0 Å². The number of amides is 6. The molecule has 59 heavy (non-hydrogen) atoms. The molecule has 0 radical (unpaired) electrons. The molecular weight excluding hydrogens is 772 g/mol. The fourth-order valence-electron chi connectivity index (χ4n) is 7.68. The minimum Gasteiger partial charge on any atom is -0.361 e. The second kappa shape index (κ2) is 15.7. The van der Waals surface area contributed by atoms with Crippen LogP contribution in [0, 0.1) is 54.0 Å². The summed E-state index contributed by atoms with van der Waals surface area (Å²) in [5, 5.41) is 31.9. The van der Waals surface area contributed by atoms with Crippen molar-refractivity contribution in [2.75, 3.05) is 21.1 Å². The molecule has 3 aromatic rings. The lowest BCUT2D eigenvalue weighted by Crippen LogP contribution is -2.34. The highest BCUT2D eigenvalue weighted by molar-refractivity contribution is 6.13. The van der Waals surface area contributed by atoms with Gasteiger partial charge >= 0.3 is 0 Å². The van der Waals surface area contributed by atoms with Gasteiger partial charge in [0.2, 0.25) is 23.6 Å². The maximum absolute atomic E-state index is 11.9. The third kappa shape index (κ3) is 7.51. The molecular formula is C39H38N8O12. The van der Waals surface area contributed by atoms with Crippen LogP contribution in [0.25, 0.3) is 5.53 Å². The zero-order valence-corrected chi connectivity index (χ0v) is 32.4. The number of likely N-dealkylation sites (tertiary alicyclic amines) is 2. The number of piperidine rings is 2. The van der Waals surface area contributed by atoms with E-state index in [4.69, 9.17) is 5.53 Å². The minimum absolute atomic E-state index is 0. The molecule has 3 heterocycles. The van der Waals surface area contributed by atoms with Gasteiger partial charge in [-0.3, -0.25) is 73.8 Å². The Hall–Kier alpha value is -7.60. The van der Waals surface area contributed by atoms with Crippen LogP contribution >= 0.6 is 0 Å². The van der Waals surface area contributed by atoms with Gasteiger partial charge in [-0.1, -0.05) is 44.2 Å². The Morgan fingerprint density at radius 1 is 0.593 bits per heavy atom. The van der Waals surface area contributed by atoms with Crippen molar-refractivity contribution in [3.05, 3.63) is 138 Å². The van der Waals surface area contributed by atoms with Gasteiger partial charge in [0.25, 0.3) is 34.6 Å². The Morgan fingerprint density at radius 2 is 0.915 bits per heavy atom. The Balaban J connectivity index is 0.000000183. The van der Waals surface area contributed by atoms with Crippen molar-refractivity contribution in [1.82, 2.24) is 14.7 Å². The molecule has 2 saturated heterocycles. The van der Waals surface area contributed by atoms with E-state index in [1.807, 2.05) is 13.8 Å². The van der Waals surface area contributed by atoms with E-state index in [0.717, 1.165) is 14.7 Å². The average Bonchev–Trinajstić information content (AvgIpc) is 3.96. The van der Waals surface area contributed by atoms with E-state index in [9.17, 15) is 59.1 Å². The first-order valence-corrected chi connectivity index (χ1v) is 17.7. The van der Waals surface area contributed by atoms with Crippen LogP contribution in [0.15, 0.2) is 84.9 Å². The molecule has 0 spiro atoms. The van der Waals surface area contributed by atoms with E-state index in [-0.39, 0.29) is 77.6 Å². The summed E-state index contributed by atoms with van der Waals surface area (Å²) < 4.78 is 0. The van der Waals surface area contributed by atoms with Gasteiger partial charge in [0.15, 0.2) is 0 Å².